The van der Waals surface area contributed by atoms with Gasteiger partial charge in [0.15, 0.2) is 6.29 Å². The summed E-state index contributed by atoms with van der Waals surface area (Å²) in [5.41, 5.74) is 4.74. The number of nitriles is 1. The van der Waals surface area contributed by atoms with Crippen LogP contribution in [0.15, 0.2) is 54.6 Å². The first-order valence-corrected chi connectivity index (χ1v) is 6.84. The Morgan fingerprint density at radius 2 is 1.77 bits per heavy atom. The summed E-state index contributed by atoms with van der Waals surface area (Å²) in [6.07, 6.45) is 0.734. The second kappa shape index (κ2) is 5.66. The highest BCUT2D eigenvalue weighted by Crippen LogP contribution is 2.24. The van der Waals surface area contributed by atoms with Gasteiger partial charge in [0.25, 0.3) is 0 Å². The number of carbonyl (C=O) groups excluding carboxylic acids is 1. The van der Waals surface area contributed by atoms with Crippen molar-refractivity contribution in [3.8, 4) is 23.0 Å². The van der Waals surface area contributed by atoms with Crippen LogP contribution in [-0.2, 0) is 0 Å². The van der Waals surface area contributed by atoms with Crippen LogP contribution in [0.25, 0.3) is 16.9 Å². The van der Waals surface area contributed by atoms with E-state index in [0.717, 1.165) is 28.8 Å². The van der Waals surface area contributed by atoms with E-state index in [4.69, 9.17) is 5.26 Å². The van der Waals surface area contributed by atoms with Crippen LogP contribution in [0.5, 0.6) is 0 Å². The Hall–Kier alpha value is -3.19. The average molecular weight is 287 g/mol. The van der Waals surface area contributed by atoms with E-state index in [1.54, 1.807) is 22.9 Å². The molecule has 0 unspecified atom stereocenters. The minimum atomic E-state index is 0.375. The first-order chi connectivity index (χ1) is 10.7. The van der Waals surface area contributed by atoms with E-state index in [2.05, 4.69) is 11.2 Å². The lowest BCUT2D eigenvalue weighted by Gasteiger charge is -2.08. The molecule has 4 heteroatoms. The third-order valence-electron chi connectivity index (χ3n) is 3.44. The third kappa shape index (κ3) is 2.52. The van der Waals surface area contributed by atoms with E-state index in [1.165, 1.54) is 0 Å². The van der Waals surface area contributed by atoms with Gasteiger partial charge < -0.3 is 0 Å². The maximum atomic E-state index is 11.1. The summed E-state index contributed by atoms with van der Waals surface area (Å²) in [6.45, 7) is 2.02. The molecule has 0 aliphatic rings. The highest BCUT2D eigenvalue weighted by molar-refractivity contribution is 5.76. The topological polar surface area (TPSA) is 58.7 Å². The number of aromatic nitrogens is 2. The molecule has 0 aliphatic heterocycles. The van der Waals surface area contributed by atoms with Crippen LogP contribution >= 0.6 is 0 Å². The molecule has 3 aromatic rings. The third-order valence-corrected chi connectivity index (χ3v) is 3.44. The normalized spacial score (nSPS) is 10.2. The molecule has 0 spiro atoms. The van der Waals surface area contributed by atoms with E-state index in [9.17, 15) is 4.79 Å². The molecule has 0 aliphatic carbocycles. The first-order valence-electron chi connectivity index (χ1n) is 6.84. The lowest BCUT2D eigenvalue weighted by molar-refractivity contribution is 0.111. The molecule has 3 rings (SSSR count). The molecule has 0 saturated carbocycles. The summed E-state index contributed by atoms with van der Waals surface area (Å²) >= 11 is 0. The van der Waals surface area contributed by atoms with Crippen molar-refractivity contribution in [2.45, 2.75) is 6.92 Å². The van der Waals surface area contributed by atoms with E-state index < -0.39 is 0 Å². The smallest absolute Gasteiger partial charge is 0.170 e. The van der Waals surface area contributed by atoms with Crippen molar-refractivity contribution in [3.63, 3.8) is 0 Å². The Labute approximate surface area is 128 Å². The van der Waals surface area contributed by atoms with Crippen molar-refractivity contribution in [1.29, 1.82) is 5.26 Å². The summed E-state index contributed by atoms with van der Waals surface area (Å²) < 4.78 is 1.74. The molecule has 0 bridgehead atoms. The molecule has 4 nitrogen and oxygen atoms in total. The molecule has 0 radical (unpaired) electrons. The first kappa shape index (κ1) is 13.8. The Morgan fingerprint density at radius 1 is 1.09 bits per heavy atom. The molecule has 0 saturated heterocycles. The zero-order valence-corrected chi connectivity index (χ0v) is 12.0. The van der Waals surface area contributed by atoms with Crippen molar-refractivity contribution in [2.24, 2.45) is 0 Å². The molecular weight excluding hydrogens is 274 g/mol. The number of nitrogens with zero attached hydrogens (tertiary/aromatic N) is 3. The van der Waals surface area contributed by atoms with Crippen LogP contribution in [0, 0.1) is 18.3 Å². The lowest BCUT2D eigenvalue weighted by Crippen LogP contribution is -1.99. The molecule has 0 N–H and O–H groups in total. The van der Waals surface area contributed by atoms with E-state index >= 15 is 0 Å². The van der Waals surface area contributed by atoms with Crippen molar-refractivity contribution in [2.75, 3.05) is 0 Å². The Morgan fingerprint density at radius 3 is 2.36 bits per heavy atom. The number of hydrogen-bond donors (Lipinski definition) is 0. The van der Waals surface area contributed by atoms with Gasteiger partial charge in [-0.05, 0) is 37.3 Å². The highest BCUT2D eigenvalue weighted by Gasteiger charge is 2.11. The fourth-order valence-electron chi connectivity index (χ4n) is 2.26. The van der Waals surface area contributed by atoms with Crippen molar-refractivity contribution in [3.05, 3.63) is 71.4 Å². The SMILES string of the molecule is Cc1ccc(-n2nc(C=O)cc2-c2ccc(C#N)cc2)cc1. The highest BCUT2D eigenvalue weighted by atomic mass is 16.1. The van der Waals surface area contributed by atoms with Gasteiger partial charge in [-0.3, -0.25) is 4.79 Å². The van der Waals surface area contributed by atoms with Crippen molar-refractivity contribution in [1.82, 2.24) is 9.78 Å². The van der Waals surface area contributed by atoms with Gasteiger partial charge in [-0.2, -0.15) is 10.4 Å². The summed E-state index contributed by atoms with van der Waals surface area (Å²) in [7, 11) is 0. The molecule has 22 heavy (non-hydrogen) atoms. The van der Waals surface area contributed by atoms with Crippen molar-refractivity contribution >= 4 is 6.29 Å². The summed E-state index contributed by atoms with van der Waals surface area (Å²) in [4.78, 5) is 11.1. The van der Waals surface area contributed by atoms with Gasteiger partial charge in [-0.15, -0.1) is 0 Å². The number of aldehydes is 1. The van der Waals surface area contributed by atoms with Gasteiger partial charge in [0.05, 0.1) is 23.0 Å². The number of rotatable bonds is 3. The molecule has 1 heterocycles. The zero-order chi connectivity index (χ0) is 15.5. The minimum absolute atomic E-state index is 0.375. The van der Waals surface area contributed by atoms with Gasteiger partial charge in [-0.1, -0.05) is 29.8 Å². The van der Waals surface area contributed by atoms with E-state index in [1.807, 2.05) is 43.3 Å². The molecule has 2 aromatic carbocycles. The number of aryl methyl sites for hydroxylation is 1. The number of hydrogen-bond acceptors (Lipinski definition) is 3. The minimum Gasteiger partial charge on any atom is -0.296 e. The van der Waals surface area contributed by atoms with Gasteiger partial charge in [0.1, 0.15) is 5.69 Å². The fourth-order valence-corrected chi connectivity index (χ4v) is 2.26. The van der Waals surface area contributed by atoms with Crippen LogP contribution in [0.4, 0.5) is 0 Å². The number of carbonyl (C=O) groups is 1. The Balaban J connectivity index is 2.14. The summed E-state index contributed by atoms with van der Waals surface area (Å²) in [5.74, 6) is 0. The molecule has 106 valence electrons. The predicted molar refractivity (Wildman–Crippen MR) is 83.8 cm³/mol. The summed E-state index contributed by atoms with van der Waals surface area (Å²) in [5, 5.41) is 13.2. The van der Waals surface area contributed by atoms with Crippen LogP contribution in [-0.4, -0.2) is 16.1 Å². The lowest BCUT2D eigenvalue weighted by atomic mass is 10.1. The second-order valence-electron chi connectivity index (χ2n) is 5.01. The van der Waals surface area contributed by atoms with E-state index in [-0.39, 0.29) is 0 Å². The standard InChI is InChI=1S/C18H13N3O/c1-13-2-8-17(9-3-13)21-18(10-16(12-22)20-21)15-6-4-14(11-19)5-7-15/h2-10,12H,1H3. The maximum Gasteiger partial charge on any atom is 0.170 e. The fraction of sp³-hybridized carbons (Fsp3) is 0.0556. The quantitative estimate of drug-likeness (QED) is 0.692. The molecular formula is C18H13N3O. The maximum absolute atomic E-state index is 11.1. The van der Waals surface area contributed by atoms with Crippen LogP contribution in [0.3, 0.4) is 0 Å². The van der Waals surface area contributed by atoms with Gasteiger partial charge in [0.2, 0.25) is 0 Å². The van der Waals surface area contributed by atoms with Crippen LogP contribution in [0.2, 0.25) is 0 Å². The van der Waals surface area contributed by atoms with Gasteiger partial charge in [0, 0.05) is 5.56 Å². The van der Waals surface area contributed by atoms with Crippen molar-refractivity contribution < 1.29 is 4.79 Å². The molecule has 1 aromatic heterocycles. The van der Waals surface area contributed by atoms with Crippen LogP contribution in [0.1, 0.15) is 21.6 Å². The Bertz CT molecular complexity index is 853. The number of benzene rings is 2. The molecule has 0 atom stereocenters. The Kier molecular flexibility index (Phi) is 3.55. The monoisotopic (exact) mass is 287 g/mol. The van der Waals surface area contributed by atoms with Gasteiger partial charge in [-0.25, -0.2) is 4.68 Å². The largest absolute Gasteiger partial charge is 0.296 e. The second-order valence-corrected chi connectivity index (χ2v) is 5.01. The van der Waals surface area contributed by atoms with E-state index in [0.29, 0.717) is 11.3 Å². The average Bonchev–Trinajstić information content (AvgIpc) is 3.00. The molecule has 0 amide bonds. The molecule has 0 fully saturated rings. The van der Waals surface area contributed by atoms with Crippen LogP contribution < -0.4 is 0 Å². The predicted octanol–water partition coefficient (Wildman–Crippen LogP) is 3.53. The van der Waals surface area contributed by atoms with Gasteiger partial charge >= 0.3 is 0 Å². The summed E-state index contributed by atoms with van der Waals surface area (Å²) in [6, 6.07) is 19.0. The zero-order valence-electron chi connectivity index (χ0n) is 12.0.